The van der Waals surface area contributed by atoms with Crippen molar-refractivity contribution in [1.29, 1.82) is 0 Å². The number of hydrogen-bond donors (Lipinski definition) is 1. The molecule has 1 aromatic carbocycles. The minimum atomic E-state index is -0.0168. The molecule has 0 bridgehead atoms. The minimum Gasteiger partial charge on any atom is -0.494 e. The third kappa shape index (κ3) is 5.18. The van der Waals surface area contributed by atoms with Gasteiger partial charge in [0.05, 0.1) is 6.61 Å². The van der Waals surface area contributed by atoms with E-state index in [0.717, 1.165) is 38.8 Å². The van der Waals surface area contributed by atoms with E-state index >= 15 is 0 Å². The fourth-order valence-electron chi connectivity index (χ4n) is 1.63. The van der Waals surface area contributed by atoms with Crippen LogP contribution >= 0.6 is 34.9 Å². The molecular weight excluding hydrogens is 322 g/mol. The number of thioether (sulfide) groups is 2. The van der Waals surface area contributed by atoms with Crippen LogP contribution in [0.25, 0.3) is 0 Å². The number of hydrogen-bond acceptors (Lipinski definition) is 7. The van der Waals surface area contributed by atoms with Gasteiger partial charge in [-0.15, -0.1) is 10.2 Å². The van der Waals surface area contributed by atoms with E-state index in [-0.39, 0.29) is 6.04 Å². The minimum absolute atomic E-state index is 0.0168. The zero-order valence-corrected chi connectivity index (χ0v) is 14.6. The molecule has 0 aliphatic heterocycles. The number of aromatic nitrogens is 2. The van der Waals surface area contributed by atoms with Gasteiger partial charge in [0, 0.05) is 11.8 Å². The second-order valence-electron chi connectivity index (χ2n) is 4.37. The van der Waals surface area contributed by atoms with Crippen LogP contribution in [-0.2, 0) is 0 Å². The van der Waals surface area contributed by atoms with Crippen molar-refractivity contribution >= 4 is 34.9 Å². The first-order chi connectivity index (χ1) is 10.2. The van der Waals surface area contributed by atoms with Crippen LogP contribution < -0.4 is 10.5 Å². The van der Waals surface area contributed by atoms with Gasteiger partial charge in [0.1, 0.15) is 5.75 Å². The molecule has 114 valence electrons. The Hall–Kier alpha value is -0.760. The zero-order valence-electron chi connectivity index (χ0n) is 12.1. The summed E-state index contributed by atoms with van der Waals surface area (Å²) in [5.41, 5.74) is 7.33. The van der Waals surface area contributed by atoms with Gasteiger partial charge in [-0.25, -0.2) is 0 Å². The molecule has 21 heavy (non-hydrogen) atoms. The lowest BCUT2D eigenvalue weighted by Gasteiger charge is -2.11. The lowest BCUT2D eigenvalue weighted by Crippen LogP contribution is -2.12. The monoisotopic (exact) mass is 341 g/mol. The third-order valence-electron chi connectivity index (χ3n) is 2.73. The molecule has 1 aromatic heterocycles. The number of nitrogens with two attached hydrogens (primary N) is 1. The van der Waals surface area contributed by atoms with E-state index in [9.17, 15) is 0 Å². The van der Waals surface area contributed by atoms with Gasteiger partial charge in [0.25, 0.3) is 0 Å². The first-order valence-electron chi connectivity index (χ1n) is 6.71. The molecule has 2 N–H and O–H groups in total. The molecule has 0 spiro atoms. The molecule has 0 aliphatic carbocycles. The summed E-state index contributed by atoms with van der Waals surface area (Å²) in [6.07, 6.45) is 3.01. The Morgan fingerprint density at radius 2 is 1.95 bits per heavy atom. The van der Waals surface area contributed by atoms with E-state index in [0.29, 0.717) is 0 Å². The highest BCUT2D eigenvalue weighted by atomic mass is 32.2. The van der Waals surface area contributed by atoms with Crippen LogP contribution in [0.5, 0.6) is 5.75 Å². The summed E-state index contributed by atoms with van der Waals surface area (Å²) in [5, 5.41) is 8.21. The summed E-state index contributed by atoms with van der Waals surface area (Å²) < 4.78 is 7.53. The Morgan fingerprint density at radius 1 is 1.24 bits per heavy atom. The van der Waals surface area contributed by atoms with E-state index in [1.54, 1.807) is 34.9 Å². The largest absolute Gasteiger partial charge is 0.494 e. The van der Waals surface area contributed by atoms with Gasteiger partial charge >= 0.3 is 0 Å². The van der Waals surface area contributed by atoms with Crippen LogP contribution in [0.1, 0.15) is 24.9 Å². The van der Waals surface area contributed by atoms with Gasteiger partial charge in [-0.1, -0.05) is 53.9 Å². The fourth-order valence-corrected chi connectivity index (χ4v) is 4.08. The van der Waals surface area contributed by atoms with E-state index in [2.05, 4.69) is 17.1 Å². The highest BCUT2D eigenvalue weighted by molar-refractivity contribution is 8.02. The molecule has 0 radical (unpaired) electrons. The maximum Gasteiger partial charge on any atom is 0.175 e. The molecule has 0 saturated heterocycles. The van der Waals surface area contributed by atoms with Gasteiger partial charge in [0.2, 0.25) is 0 Å². The van der Waals surface area contributed by atoms with Crippen molar-refractivity contribution in [2.45, 2.75) is 28.1 Å². The third-order valence-corrected chi connectivity index (χ3v) is 5.88. The molecule has 0 amide bonds. The van der Waals surface area contributed by atoms with Gasteiger partial charge in [0.15, 0.2) is 8.68 Å². The Balaban J connectivity index is 1.86. The smallest absolute Gasteiger partial charge is 0.175 e. The number of nitrogens with zero attached hydrogens (tertiary/aromatic N) is 2. The average molecular weight is 342 g/mol. The summed E-state index contributed by atoms with van der Waals surface area (Å²) in [6.45, 7) is 2.84. The van der Waals surface area contributed by atoms with Crippen LogP contribution in [0.2, 0.25) is 0 Å². The van der Waals surface area contributed by atoms with Crippen molar-refractivity contribution < 1.29 is 4.74 Å². The van der Waals surface area contributed by atoms with Crippen LogP contribution in [0, 0.1) is 0 Å². The predicted octanol–water partition coefficient (Wildman–Crippen LogP) is 3.84. The van der Waals surface area contributed by atoms with Crippen molar-refractivity contribution in [2.24, 2.45) is 5.73 Å². The second-order valence-corrected chi connectivity index (χ2v) is 7.67. The first kappa shape index (κ1) is 16.6. The molecule has 1 atom stereocenters. The normalized spacial score (nSPS) is 12.3. The molecule has 2 rings (SSSR count). The standard InChI is InChI=1S/C14H19N3OS3/c1-3-8-18-11-6-4-10(5-7-11)12(15)9-20-14-17-16-13(19-2)21-14/h4-7,12H,3,8-9,15H2,1-2H3. The zero-order chi connectivity index (χ0) is 15.1. The van der Waals surface area contributed by atoms with Crippen molar-refractivity contribution in [3.63, 3.8) is 0 Å². The highest BCUT2D eigenvalue weighted by Crippen LogP contribution is 2.29. The molecule has 7 heteroatoms. The molecule has 4 nitrogen and oxygen atoms in total. The van der Waals surface area contributed by atoms with Crippen LogP contribution in [0.15, 0.2) is 32.9 Å². The molecule has 0 fully saturated rings. The average Bonchev–Trinajstić information content (AvgIpc) is 2.99. The number of benzene rings is 1. The lowest BCUT2D eigenvalue weighted by atomic mass is 10.1. The second kappa shape index (κ2) is 8.63. The molecule has 1 unspecified atom stereocenters. The van der Waals surface area contributed by atoms with E-state index in [1.165, 1.54) is 0 Å². The Morgan fingerprint density at radius 3 is 2.57 bits per heavy atom. The summed E-state index contributed by atoms with van der Waals surface area (Å²) in [5.74, 6) is 1.69. The van der Waals surface area contributed by atoms with Crippen LogP contribution in [-0.4, -0.2) is 28.8 Å². The first-order valence-corrected chi connectivity index (χ1v) is 9.74. The quantitative estimate of drug-likeness (QED) is 0.736. The van der Waals surface area contributed by atoms with E-state index in [1.807, 2.05) is 30.5 Å². The van der Waals surface area contributed by atoms with E-state index in [4.69, 9.17) is 10.5 Å². The Labute approximate surface area is 137 Å². The molecule has 2 aromatic rings. The summed E-state index contributed by atoms with van der Waals surface area (Å²) >= 11 is 4.88. The topological polar surface area (TPSA) is 61.0 Å². The van der Waals surface area contributed by atoms with Crippen molar-refractivity contribution in [1.82, 2.24) is 10.2 Å². The Kier molecular flexibility index (Phi) is 6.82. The molecular formula is C14H19N3OS3. The van der Waals surface area contributed by atoms with Gasteiger partial charge < -0.3 is 10.5 Å². The fraction of sp³-hybridized carbons (Fsp3) is 0.429. The van der Waals surface area contributed by atoms with Crippen molar-refractivity contribution in [3.05, 3.63) is 29.8 Å². The molecule has 0 saturated carbocycles. The number of rotatable bonds is 8. The predicted molar refractivity (Wildman–Crippen MR) is 91.6 cm³/mol. The van der Waals surface area contributed by atoms with Crippen molar-refractivity contribution in [2.75, 3.05) is 18.6 Å². The highest BCUT2D eigenvalue weighted by Gasteiger charge is 2.10. The van der Waals surface area contributed by atoms with Crippen LogP contribution in [0.4, 0.5) is 0 Å². The molecule has 1 heterocycles. The van der Waals surface area contributed by atoms with E-state index < -0.39 is 0 Å². The lowest BCUT2D eigenvalue weighted by molar-refractivity contribution is 0.317. The number of ether oxygens (including phenoxy) is 1. The van der Waals surface area contributed by atoms with Crippen LogP contribution in [0.3, 0.4) is 0 Å². The summed E-state index contributed by atoms with van der Waals surface area (Å²) in [6, 6.07) is 8.00. The van der Waals surface area contributed by atoms with Crippen molar-refractivity contribution in [3.8, 4) is 5.75 Å². The maximum atomic E-state index is 6.22. The van der Waals surface area contributed by atoms with Gasteiger partial charge in [-0.2, -0.15) is 0 Å². The molecule has 0 aliphatic rings. The maximum absolute atomic E-state index is 6.22. The Bertz CT molecular complexity index is 545. The summed E-state index contributed by atoms with van der Waals surface area (Å²) in [4.78, 5) is 0. The van der Waals surface area contributed by atoms with Gasteiger partial charge in [-0.3, -0.25) is 0 Å². The summed E-state index contributed by atoms with van der Waals surface area (Å²) in [7, 11) is 0. The SMILES string of the molecule is CCCOc1ccc(C(N)CSc2nnc(SC)s2)cc1. The van der Waals surface area contributed by atoms with Gasteiger partial charge in [-0.05, 0) is 30.4 Å².